The highest BCUT2D eigenvalue weighted by atomic mass is 16.5. The number of methoxy groups -OCH3 is 1. The van der Waals surface area contributed by atoms with Gasteiger partial charge in [-0.05, 0) is 44.0 Å². The number of likely N-dealkylation sites (N-methyl/N-ethyl adjacent to an activating group) is 1. The van der Waals surface area contributed by atoms with Crippen molar-refractivity contribution in [2.24, 2.45) is 0 Å². The zero-order valence-electron chi connectivity index (χ0n) is 11.5. The van der Waals surface area contributed by atoms with Gasteiger partial charge in [-0.1, -0.05) is 19.1 Å². The molecule has 3 heteroatoms. The minimum absolute atomic E-state index is 0.140. The van der Waals surface area contributed by atoms with Gasteiger partial charge in [-0.2, -0.15) is 0 Å². The van der Waals surface area contributed by atoms with Crippen molar-refractivity contribution >= 4 is 0 Å². The molecule has 2 atom stereocenters. The SMILES string of the molecule is CCNC(c1cccc(OC2CC2)c1)C(C)OC. The number of hydrogen-bond acceptors (Lipinski definition) is 3. The highest BCUT2D eigenvalue weighted by Crippen LogP contribution is 2.29. The van der Waals surface area contributed by atoms with Crippen molar-refractivity contribution in [3.8, 4) is 5.75 Å². The predicted octanol–water partition coefficient (Wildman–Crippen LogP) is 2.91. The zero-order valence-corrected chi connectivity index (χ0v) is 11.5. The second-order valence-corrected chi connectivity index (χ2v) is 4.87. The third-order valence-corrected chi connectivity index (χ3v) is 3.31. The molecule has 2 unspecified atom stereocenters. The lowest BCUT2D eigenvalue weighted by Gasteiger charge is -2.24. The molecule has 0 aliphatic heterocycles. The van der Waals surface area contributed by atoms with Crippen LogP contribution in [0.3, 0.4) is 0 Å². The van der Waals surface area contributed by atoms with E-state index in [0.717, 1.165) is 12.3 Å². The van der Waals surface area contributed by atoms with Crippen LogP contribution in [-0.2, 0) is 4.74 Å². The molecule has 0 aromatic heterocycles. The van der Waals surface area contributed by atoms with Gasteiger partial charge >= 0.3 is 0 Å². The van der Waals surface area contributed by atoms with Gasteiger partial charge in [-0.15, -0.1) is 0 Å². The van der Waals surface area contributed by atoms with Crippen molar-refractivity contribution in [1.82, 2.24) is 5.32 Å². The van der Waals surface area contributed by atoms with E-state index in [9.17, 15) is 0 Å². The molecule has 100 valence electrons. The number of ether oxygens (including phenoxy) is 2. The van der Waals surface area contributed by atoms with Crippen LogP contribution < -0.4 is 10.1 Å². The van der Waals surface area contributed by atoms with Crippen molar-refractivity contribution in [3.63, 3.8) is 0 Å². The fourth-order valence-corrected chi connectivity index (χ4v) is 2.07. The van der Waals surface area contributed by atoms with E-state index < -0.39 is 0 Å². The Morgan fingerprint density at radius 1 is 1.39 bits per heavy atom. The van der Waals surface area contributed by atoms with Crippen LogP contribution in [0.4, 0.5) is 0 Å². The molecule has 0 amide bonds. The van der Waals surface area contributed by atoms with Crippen LogP contribution in [0.25, 0.3) is 0 Å². The lowest BCUT2D eigenvalue weighted by Crippen LogP contribution is -2.31. The third-order valence-electron chi connectivity index (χ3n) is 3.31. The Bertz CT molecular complexity index is 377. The van der Waals surface area contributed by atoms with Gasteiger partial charge in [0, 0.05) is 7.11 Å². The Hall–Kier alpha value is -1.06. The molecule has 0 saturated heterocycles. The maximum absolute atomic E-state index is 5.84. The van der Waals surface area contributed by atoms with E-state index in [-0.39, 0.29) is 12.1 Å². The van der Waals surface area contributed by atoms with E-state index in [1.165, 1.54) is 18.4 Å². The summed E-state index contributed by atoms with van der Waals surface area (Å²) in [6, 6.07) is 8.55. The summed E-state index contributed by atoms with van der Waals surface area (Å²) in [7, 11) is 1.75. The normalized spacial score (nSPS) is 18.4. The largest absolute Gasteiger partial charge is 0.490 e. The highest BCUT2D eigenvalue weighted by molar-refractivity contribution is 5.31. The quantitative estimate of drug-likeness (QED) is 0.806. The number of rotatable bonds is 7. The molecule has 0 bridgehead atoms. The average molecular weight is 249 g/mol. The van der Waals surface area contributed by atoms with E-state index in [0.29, 0.717) is 6.10 Å². The molecule has 1 fully saturated rings. The van der Waals surface area contributed by atoms with Gasteiger partial charge in [0.05, 0.1) is 18.2 Å². The molecule has 0 heterocycles. The summed E-state index contributed by atoms with van der Waals surface area (Å²) in [5.41, 5.74) is 1.23. The summed E-state index contributed by atoms with van der Waals surface area (Å²) in [6.45, 7) is 5.12. The molecule has 0 radical (unpaired) electrons. The van der Waals surface area contributed by atoms with Gasteiger partial charge in [0.1, 0.15) is 5.75 Å². The maximum Gasteiger partial charge on any atom is 0.120 e. The standard InChI is InChI=1S/C15H23NO2/c1-4-16-15(11(2)17-3)12-6-5-7-14(10-12)18-13-8-9-13/h5-7,10-11,13,15-16H,4,8-9H2,1-3H3. The Kier molecular flexibility index (Phi) is 4.61. The van der Waals surface area contributed by atoms with Crippen molar-refractivity contribution in [2.75, 3.05) is 13.7 Å². The van der Waals surface area contributed by atoms with E-state index in [1.807, 2.05) is 6.07 Å². The fraction of sp³-hybridized carbons (Fsp3) is 0.600. The van der Waals surface area contributed by atoms with Crippen LogP contribution >= 0.6 is 0 Å². The number of hydrogen-bond donors (Lipinski definition) is 1. The molecule has 3 nitrogen and oxygen atoms in total. The lowest BCUT2D eigenvalue weighted by atomic mass is 10.0. The topological polar surface area (TPSA) is 30.5 Å². The molecule has 2 rings (SSSR count). The van der Waals surface area contributed by atoms with Crippen LogP contribution in [0, 0.1) is 0 Å². The minimum atomic E-state index is 0.140. The molecule has 1 aromatic carbocycles. The average Bonchev–Trinajstić information content (AvgIpc) is 3.19. The lowest BCUT2D eigenvalue weighted by molar-refractivity contribution is 0.0835. The Labute approximate surface area is 109 Å². The van der Waals surface area contributed by atoms with E-state index >= 15 is 0 Å². The van der Waals surface area contributed by atoms with E-state index in [1.54, 1.807) is 7.11 Å². The minimum Gasteiger partial charge on any atom is -0.490 e. The summed E-state index contributed by atoms with van der Waals surface area (Å²) in [4.78, 5) is 0. The summed E-state index contributed by atoms with van der Waals surface area (Å²) in [5.74, 6) is 0.973. The summed E-state index contributed by atoms with van der Waals surface area (Å²) < 4.78 is 11.3. The van der Waals surface area contributed by atoms with Gasteiger partial charge < -0.3 is 14.8 Å². The molecular weight excluding hydrogens is 226 g/mol. The molecule has 1 aliphatic carbocycles. The van der Waals surface area contributed by atoms with Crippen molar-refractivity contribution in [2.45, 2.75) is 44.9 Å². The van der Waals surface area contributed by atoms with Gasteiger partial charge in [-0.3, -0.25) is 0 Å². The summed E-state index contributed by atoms with van der Waals surface area (Å²) in [6.07, 6.45) is 2.96. The molecule has 1 saturated carbocycles. The number of nitrogens with one attached hydrogen (secondary N) is 1. The Morgan fingerprint density at radius 2 is 2.17 bits per heavy atom. The molecule has 1 aliphatic rings. The van der Waals surface area contributed by atoms with E-state index in [2.05, 4.69) is 37.4 Å². The second kappa shape index (κ2) is 6.21. The molecule has 18 heavy (non-hydrogen) atoms. The fourth-order valence-electron chi connectivity index (χ4n) is 2.07. The van der Waals surface area contributed by atoms with Crippen molar-refractivity contribution in [1.29, 1.82) is 0 Å². The van der Waals surface area contributed by atoms with Crippen LogP contribution in [0.1, 0.15) is 38.3 Å². The zero-order chi connectivity index (χ0) is 13.0. The van der Waals surface area contributed by atoms with Gasteiger partial charge in [0.15, 0.2) is 0 Å². The van der Waals surface area contributed by atoms with Gasteiger partial charge in [0.2, 0.25) is 0 Å². The monoisotopic (exact) mass is 249 g/mol. The molecule has 0 spiro atoms. The first-order valence-corrected chi connectivity index (χ1v) is 6.77. The Morgan fingerprint density at radius 3 is 2.78 bits per heavy atom. The maximum atomic E-state index is 5.84. The number of benzene rings is 1. The van der Waals surface area contributed by atoms with Gasteiger partial charge in [0.25, 0.3) is 0 Å². The third kappa shape index (κ3) is 3.47. The van der Waals surface area contributed by atoms with Gasteiger partial charge in [-0.25, -0.2) is 0 Å². The molecule has 1 N–H and O–H groups in total. The summed E-state index contributed by atoms with van der Waals surface area (Å²) >= 11 is 0. The predicted molar refractivity (Wildman–Crippen MR) is 73.0 cm³/mol. The first-order chi connectivity index (χ1) is 8.74. The van der Waals surface area contributed by atoms with Crippen LogP contribution in [0.15, 0.2) is 24.3 Å². The first kappa shape index (κ1) is 13.4. The summed E-state index contributed by atoms with van der Waals surface area (Å²) in [5, 5.41) is 3.47. The van der Waals surface area contributed by atoms with E-state index in [4.69, 9.17) is 9.47 Å². The van der Waals surface area contributed by atoms with Crippen LogP contribution in [-0.4, -0.2) is 25.9 Å². The first-order valence-electron chi connectivity index (χ1n) is 6.77. The van der Waals surface area contributed by atoms with Crippen molar-refractivity contribution < 1.29 is 9.47 Å². The Balaban J connectivity index is 2.12. The highest BCUT2D eigenvalue weighted by Gasteiger charge is 2.24. The van der Waals surface area contributed by atoms with Crippen LogP contribution in [0.5, 0.6) is 5.75 Å². The van der Waals surface area contributed by atoms with Crippen molar-refractivity contribution in [3.05, 3.63) is 29.8 Å². The van der Waals surface area contributed by atoms with Crippen LogP contribution in [0.2, 0.25) is 0 Å². The molecule has 1 aromatic rings. The molecular formula is C15H23NO2. The smallest absolute Gasteiger partial charge is 0.120 e. The second-order valence-electron chi connectivity index (χ2n) is 4.87.